The second-order valence-corrected chi connectivity index (χ2v) is 3.46. The summed E-state index contributed by atoms with van der Waals surface area (Å²) in [6, 6.07) is 11.7. The van der Waals surface area contributed by atoms with Gasteiger partial charge < -0.3 is 10.5 Å². The first-order valence-corrected chi connectivity index (χ1v) is 5.20. The predicted molar refractivity (Wildman–Crippen MR) is 62.9 cm³/mol. The van der Waals surface area contributed by atoms with Gasteiger partial charge in [-0.15, -0.1) is 0 Å². The molecule has 0 amide bonds. The van der Waals surface area contributed by atoms with Gasteiger partial charge in [0.2, 0.25) is 0 Å². The van der Waals surface area contributed by atoms with E-state index in [-0.39, 0.29) is 0 Å². The highest BCUT2D eigenvalue weighted by Crippen LogP contribution is 2.18. The van der Waals surface area contributed by atoms with Gasteiger partial charge in [-0.05, 0) is 12.1 Å². The summed E-state index contributed by atoms with van der Waals surface area (Å²) in [4.78, 5) is 4.03. The van der Waals surface area contributed by atoms with Gasteiger partial charge in [0.15, 0.2) is 0 Å². The molecular formula is C13H14N2O. The van der Waals surface area contributed by atoms with Gasteiger partial charge in [0.1, 0.15) is 12.4 Å². The Kier molecular flexibility index (Phi) is 3.51. The van der Waals surface area contributed by atoms with Crippen molar-refractivity contribution in [2.75, 3.05) is 0 Å². The molecule has 0 aliphatic rings. The van der Waals surface area contributed by atoms with E-state index < -0.39 is 0 Å². The Morgan fingerprint density at radius 3 is 2.75 bits per heavy atom. The number of hydrogen-bond donors (Lipinski definition) is 1. The lowest BCUT2D eigenvalue weighted by atomic mass is 10.2. The Hall–Kier alpha value is -1.87. The van der Waals surface area contributed by atoms with E-state index in [2.05, 4.69) is 4.98 Å². The first-order chi connectivity index (χ1) is 7.90. The Morgan fingerprint density at radius 1 is 1.12 bits per heavy atom. The van der Waals surface area contributed by atoms with Crippen molar-refractivity contribution in [2.24, 2.45) is 5.73 Å². The van der Waals surface area contributed by atoms with Crippen LogP contribution in [-0.2, 0) is 13.2 Å². The maximum atomic E-state index is 5.69. The molecule has 16 heavy (non-hydrogen) atoms. The molecule has 1 heterocycles. The summed E-state index contributed by atoms with van der Waals surface area (Å²) < 4.78 is 5.69. The molecule has 0 unspecified atom stereocenters. The zero-order chi connectivity index (χ0) is 11.2. The molecule has 3 nitrogen and oxygen atoms in total. The Labute approximate surface area is 94.9 Å². The highest BCUT2D eigenvalue weighted by Gasteiger charge is 2.00. The first-order valence-electron chi connectivity index (χ1n) is 5.20. The molecule has 0 aliphatic heterocycles. The van der Waals surface area contributed by atoms with E-state index in [1.807, 2.05) is 36.4 Å². The van der Waals surface area contributed by atoms with Gasteiger partial charge in [-0.2, -0.15) is 0 Å². The second-order valence-electron chi connectivity index (χ2n) is 3.46. The Bertz CT molecular complexity index is 443. The van der Waals surface area contributed by atoms with E-state index in [1.54, 1.807) is 12.4 Å². The second kappa shape index (κ2) is 5.28. The van der Waals surface area contributed by atoms with Crippen LogP contribution in [0.5, 0.6) is 5.75 Å². The lowest BCUT2D eigenvalue weighted by Crippen LogP contribution is -2.02. The molecule has 0 saturated heterocycles. The molecule has 0 spiro atoms. The molecule has 0 radical (unpaired) electrons. The minimum absolute atomic E-state index is 0.489. The van der Waals surface area contributed by atoms with E-state index in [1.165, 1.54) is 0 Å². The van der Waals surface area contributed by atoms with Crippen molar-refractivity contribution in [3.05, 3.63) is 59.9 Å². The standard InChI is InChI=1S/C13H14N2O/c14-8-12-5-1-2-6-13(12)16-10-11-4-3-7-15-9-11/h1-7,9H,8,10,14H2. The molecule has 82 valence electrons. The summed E-state index contributed by atoms with van der Waals surface area (Å²) in [7, 11) is 0. The monoisotopic (exact) mass is 214 g/mol. The summed E-state index contributed by atoms with van der Waals surface area (Å²) in [6.07, 6.45) is 3.54. The van der Waals surface area contributed by atoms with Gasteiger partial charge in [-0.1, -0.05) is 24.3 Å². The number of nitrogens with two attached hydrogens (primary N) is 1. The van der Waals surface area contributed by atoms with Gasteiger partial charge in [-0.25, -0.2) is 0 Å². The van der Waals surface area contributed by atoms with Gasteiger partial charge in [-0.3, -0.25) is 4.98 Å². The van der Waals surface area contributed by atoms with Crippen LogP contribution in [0, 0.1) is 0 Å². The molecule has 2 aromatic rings. The normalized spacial score (nSPS) is 10.1. The summed E-state index contributed by atoms with van der Waals surface area (Å²) >= 11 is 0. The third-order valence-electron chi connectivity index (χ3n) is 2.31. The number of ether oxygens (including phenoxy) is 1. The molecule has 0 fully saturated rings. The minimum atomic E-state index is 0.489. The average Bonchev–Trinajstić information content (AvgIpc) is 2.38. The molecule has 0 bridgehead atoms. The van der Waals surface area contributed by atoms with Crippen LogP contribution in [0.3, 0.4) is 0 Å². The zero-order valence-electron chi connectivity index (χ0n) is 8.97. The van der Waals surface area contributed by atoms with E-state index in [0.717, 1.165) is 16.9 Å². The molecular weight excluding hydrogens is 200 g/mol. The molecule has 0 aliphatic carbocycles. The highest BCUT2D eigenvalue weighted by molar-refractivity contribution is 5.33. The number of rotatable bonds is 4. The first kappa shape index (κ1) is 10.6. The van der Waals surface area contributed by atoms with E-state index >= 15 is 0 Å². The van der Waals surface area contributed by atoms with Crippen LogP contribution in [0.2, 0.25) is 0 Å². The van der Waals surface area contributed by atoms with Gasteiger partial charge >= 0.3 is 0 Å². The number of aromatic nitrogens is 1. The maximum Gasteiger partial charge on any atom is 0.124 e. The van der Waals surface area contributed by atoms with Gasteiger partial charge in [0.05, 0.1) is 0 Å². The molecule has 1 aromatic heterocycles. The molecule has 1 aromatic carbocycles. The fourth-order valence-electron chi connectivity index (χ4n) is 1.46. The van der Waals surface area contributed by atoms with Crippen LogP contribution in [0.4, 0.5) is 0 Å². The van der Waals surface area contributed by atoms with E-state index in [4.69, 9.17) is 10.5 Å². The third-order valence-corrected chi connectivity index (χ3v) is 2.31. The van der Waals surface area contributed by atoms with Crippen LogP contribution >= 0.6 is 0 Å². The predicted octanol–water partition coefficient (Wildman–Crippen LogP) is 2.12. The lowest BCUT2D eigenvalue weighted by Gasteiger charge is -2.09. The van der Waals surface area contributed by atoms with Gasteiger partial charge in [0.25, 0.3) is 0 Å². The van der Waals surface area contributed by atoms with Crippen molar-refractivity contribution in [1.82, 2.24) is 4.98 Å². The van der Waals surface area contributed by atoms with E-state index in [9.17, 15) is 0 Å². The topological polar surface area (TPSA) is 48.1 Å². The van der Waals surface area contributed by atoms with Crippen LogP contribution in [0.1, 0.15) is 11.1 Å². The fraction of sp³-hybridized carbons (Fsp3) is 0.154. The molecule has 0 atom stereocenters. The number of para-hydroxylation sites is 1. The molecule has 3 heteroatoms. The summed E-state index contributed by atoms with van der Waals surface area (Å²) in [5.74, 6) is 0.842. The lowest BCUT2D eigenvalue weighted by molar-refractivity contribution is 0.302. The summed E-state index contributed by atoms with van der Waals surface area (Å²) in [5, 5.41) is 0. The van der Waals surface area contributed by atoms with Crippen molar-refractivity contribution in [2.45, 2.75) is 13.2 Å². The van der Waals surface area contributed by atoms with Crippen LogP contribution in [0.25, 0.3) is 0 Å². The smallest absolute Gasteiger partial charge is 0.124 e. The number of pyridine rings is 1. The quantitative estimate of drug-likeness (QED) is 0.848. The Balaban J connectivity index is 2.05. The molecule has 0 saturated carbocycles. The van der Waals surface area contributed by atoms with Crippen LogP contribution in [0.15, 0.2) is 48.8 Å². The number of benzene rings is 1. The number of hydrogen-bond acceptors (Lipinski definition) is 3. The summed E-state index contributed by atoms with van der Waals surface area (Å²) in [5.41, 5.74) is 7.70. The van der Waals surface area contributed by atoms with Crippen molar-refractivity contribution < 1.29 is 4.74 Å². The number of nitrogens with zero attached hydrogens (tertiary/aromatic N) is 1. The highest BCUT2D eigenvalue weighted by atomic mass is 16.5. The van der Waals surface area contributed by atoms with Gasteiger partial charge in [0, 0.05) is 30.1 Å². The zero-order valence-corrected chi connectivity index (χ0v) is 8.97. The van der Waals surface area contributed by atoms with Crippen LogP contribution < -0.4 is 10.5 Å². The third kappa shape index (κ3) is 2.58. The maximum absolute atomic E-state index is 5.69. The van der Waals surface area contributed by atoms with Crippen LogP contribution in [-0.4, -0.2) is 4.98 Å². The average molecular weight is 214 g/mol. The van der Waals surface area contributed by atoms with Crippen molar-refractivity contribution in [1.29, 1.82) is 0 Å². The van der Waals surface area contributed by atoms with E-state index in [0.29, 0.717) is 13.2 Å². The minimum Gasteiger partial charge on any atom is -0.489 e. The fourth-order valence-corrected chi connectivity index (χ4v) is 1.46. The molecule has 2 rings (SSSR count). The molecule has 2 N–H and O–H groups in total. The van der Waals surface area contributed by atoms with Crippen molar-refractivity contribution in [3.8, 4) is 5.75 Å². The SMILES string of the molecule is NCc1ccccc1OCc1cccnc1. The van der Waals surface area contributed by atoms with Crippen molar-refractivity contribution in [3.63, 3.8) is 0 Å². The Morgan fingerprint density at radius 2 is 2.00 bits per heavy atom. The summed E-state index contributed by atoms with van der Waals surface area (Å²) in [6.45, 7) is 1.01. The largest absolute Gasteiger partial charge is 0.489 e. The van der Waals surface area contributed by atoms with Crippen molar-refractivity contribution >= 4 is 0 Å².